The van der Waals surface area contributed by atoms with Crippen LogP contribution in [-0.2, 0) is 9.73 Å². The van der Waals surface area contributed by atoms with Crippen molar-refractivity contribution < 1.29 is 4.21 Å². The highest BCUT2D eigenvalue weighted by atomic mass is 32.2. The van der Waals surface area contributed by atoms with Crippen LogP contribution in [-0.4, -0.2) is 19.7 Å². The molecule has 1 aromatic rings. The van der Waals surface area contributed by atoms with Crippen LogP contribution in [0.2, 0.25) is 0 Å². The molecule has 1 heterocycles. The van der Waals surface area contributed by atoms with Gasteiger partial charge in [-0.15, -0.1) is 0 Å². The van der Waals surface area contributed by atoms with Gasteiger partial charge in [-0.2, -0.15) is 4.36 Å². The first kappa shape index (κ1) is 9.33. The summed E-state index contributed by atoms with van der Waals surface area (Å²) in [5.74, 6) is 0. The Kier molecular flexibility index (Phi) is 2.06. The van der Waals surface area contributed by atoms with Crippen molar-refractivity contribution in [2.24, 2.45) is 4.36 Å². The van der Waals surface area contributed by atoms with E-state index in [1.54, 1.807) is 12.4 Å². The molecule has 3 rings (SSSR count). The second-order valence-electron chi connectivity index (χ2n) is 4.32. The van der Waals surface area contributed by atoms with Crippen LogP contribution in [0, 0.1) is 0 Å². The number of rotatable bonds is 3. The Balaban J connectivity index is 2.02. The average Bonchev–Trinajstić information content (AvgIpc) is 3.09. The van der Waals surface area contributed by atoms with Gasteiger partial charge in [0.25, 0.3) is 0 Å². The molecule has 0 amide bonds. The van der Waals surface area contributed by atoms with E-state index in [0.717, 1.165) is 31.4 Å². The summed E-state index contributed by atoms with van der Waals surface area (Å²) < 4.78 is 17.2. The van der Waals surface area contributed by atoms with Crippen LogP contribution >= 0.6 is 0 Å². The third-order valence-electron chi connectivity index (χ3n) is 2.90. The summed E-state index contributed by atoms with van der Waals surface area (Å²) >= 11 is 0. The molecule has 0 aromatic carbocycles. The van der Waals surface area contributed by atoms with E-state index in [0.29, 0.717) is 10.5 Å². The van der Waals surface area contributed by atoms with Crippen LogP contribution in [0.25, 0.3) is 0 Å². The third-order valence-corrected chi connectivity index (χ3v) is 6.25. The van der Waals surface area contributed by atoms with Gasteiger partial charge in [-0.05, 0) is 37.8 Å². The zero-order valence-electron chi connectivity index (χ0n) is 8.50. The number of pyridine rings is 1. The summed E-state index contributed by atoms with van der Waals surface area (Å²) in [7, 11) is -1.97. The molecule has 2 saturated carbocycles. The van der Waals surface area contributed by atoms with Crippen molar-refractivity contribution in [1.82, 2.24) is 4.98 Å². The number of hydrogen-bond donors (Lipinski definition) is 0. The number of hydrogen-bond acceptors (Lipinski definition) is 3. The Morgan fingerprint density at radius 1 is 1.27 bits per heavy atom. The summed E-state index contributed by atoms with van der Waals surface area (Å²) in [5.41, 5.74) is 0.779. The first-order valence-electron chi connectivity index (χ1n) is 5.44. The van der Waals surface area contributed by atoms with Crippen molar-refractivity contribution in [3.63, 3.8) is 0 Å². The number of aromatic nitrogens is 1. The largest absolute Gasteiger partial charge is 0.262 e. The molecule has 80 valence electrons. The van der Waals surface area contributed by atoms with Crippen molar-refractivity contribution in [3.05, 3.63) is 24.5 Å². The molecule has 2 aliphatic rings. The lowest BCUT2D eigenvalue weighted by molar-refractivity contribution is 0.675. The average molecular weight is 222 g/mol. The fourth-order valence-electron chi connectivity index (χ4n) is 1.81. The summed E-state index contributed by atoms with van der Waals surface area (Å²) in [4.78, 5) is 4.01. The summed E-state index contributed by atoms with van der Waals surface area (Å²) in [5, 5.41) is 0.732. The summed E-state index contributed by atoms with van der Waals surface area (Å²) in [6, 6.07) is 3.73. The topological polar surface area (TPSA) is 42.3 Å². The van der Waals surface area contributed by atoms with Gasteiger partial charge >= 0.3 is 0 Å². The normalized spacial score (nSPS) is 21.3. The molecule has 3 nitrogen and oxygen atoms in total. The van der Waals surface area contributed by atoms with E-state index >= 15 is 0 Å². The first-order chi connectivity index (χ1) is 7.29. The minimum absolute atomic E-state index is 0.366. The molecule has 0 saturated heterocycles. The maximum atomic E-state index is 12.7. The Labute approximate surface area is 90.1 Å². The highest BCUT2D eigenvalue weighted by Gasteiger charge is 2.44. The van der Waals surface area contributed by atoms with Crippen molar-refractivity contribution in [3.8, 4) is 0 Å². The van der Waals surface area contributed by atoms with Crippen LogP contribution in [0.1, 0.15) is 25.7 Å². The lowest BCUT2D eigenvalue weighted by atomic mass is 10.4. The van der Waals surface area contributed by atoms with Crippen molar-refractivity contribution in [1.29, 1.82) is 0 Å². The van der Waals surface area contributed by atoms with Crippen LogP contribution in [0.3, 0.4) is 0 Å². The van der Waals surface area contributed by atoms with Gasteiger partial charge < -0.3 is 0 Å². The van der Waals surface area contributed by atoms with Gasteiger partial charge in [-0.1, -0.05) is 0 Å². The van der Waals surface area contributed by atoms with E-state index in [1.165, 1.54) is 0 Å². The minimum atomic E-state index is -1.97. The van der Waals surface area contributed by atoms with E-state index < -0.39 is 9.73 Å². The third kappa shape index (κ3) is 1.78. The Morgan fingerprint density at radius 3 is 2.40 bits per heavy atom. The van der Waals surface area contributed by atoms with E-state index in [2.05, 4.69) is 9.35 Å². The lowest BCUT2D eigenvalue weighted by Crippen LogP contribution is -2.11. The van der Waals surface area contributed by atoms with Gasteiger partial charge in [0, 0.05) is 16.7 Å². The summed E-state index contributed by atoms with van der Waals surface area (Å²) in [6.07, 6.45) is 7.80. The van der Waals surface area contributed by atoms with E-state index in [1.807, 2.05) is 12.1 Å². The van der Waals surface area contributed by atoms with Crippen LogP contribution in [0.5, 0.6) is 0 Å². The van der Waals surface area contributed by atoms with Gasteiger partial charge in [0.2, 0.25) is 0 Å². The standard InChI is InChI=1S/C11H14N2OS/c14-15(10-3-4-10,11-5-6-11)13-9-2-1-7-12-8-9/h1-2,7-8,10-11H,3-6H2. The predicted octanol–water partition coefficient (Wildman–Crippen LogP) is 2.51. The van der Waals surface area contributed by atoms with E-state index in [4.69, 9.17) is 0 Å². The van der Waals surface area contributed by atoms with Crippen LogP contribution in [0.4, 0.5) is 5.69 Å². The fraction of sp³-hybridized carbons (Fsp3) is 0.545. The molecule has 2 aliphatic carbocycles. The lowest BCUT2D eigenvalue weighted by Gasteiger charge is -2.06. The monoisotopic (exact) mass is 222 g/mol. The molecular weight excluding hydrogens is 208 g/mol. The molecule has 4 heteroatoms. The van der Waals surface area contributed by atoms with Crippen LogP contribution in [0.15, 0.2) is 28.9 Å². The quantitative estimate of drug-likeness (QED) is 0.788. The highest BCUT2D eigenvalue weighted by molar-refractivity contribution is 7.95. The van der Waals surface area contributed by atoms with Crippen LogP contribution < -0.4 is 0 Å². The first-order valence-corrected chi connectivity index (χ1v) is 7.08. The molecule has 0 spiro atoms. The molecule has 0 aliphatic heterocycles. The highest BCUT2D eigenvalue weighted by Crippen LogP contribution is 2.43. The van der Waals surface area contributed by atoms with Gasteiger partial charge in [-0.3, -0.25) is 4.98 Å². The Morgan fingerprint density at radius 2 is 1.93 bits per heavy atom. The van der Waals surface area contributed by atoms with E-state index in [-0.39, 0.29) is 0 Å². The molecule has 2 fully saturated rings. The SMILES string of the molecule is O=S(=Nc1cccnc1)(C1CC1)C1CC1. The zero-order valence-corrected chi connectivity index (χ0v) is 9.32. The second-order valence-corrected chi connectivity index (χ2v) is 7.06. The smallest absolute Gasteiger partial charge is 0.0913 e. The van der Waals surface area contributed by atoms with Gasteiger partial charge in [-0.25, -0.2) is 4.21 Å². The van der Waals surface area contributed by atoms with Gasteiger partial charge in [0.05, 0.1) is 21.6 Å². The molecule has 0 N–H and O–H groups in total. The molecule has 15 heavy (non-hydrogen) atoms. The maximum Gasteiger partial charge on any atom is 0.0913 e. The van der Waals surface area contributed by atoms with Crippen molar-refractivity contribution in [2.75, 3.05) is 0 Å². The van der Waals surface area contributed by atoms with Crippen molar-refractivity contribution in [2.45, 2.75) is 36.2 Å². The second kappa shape index (κ2) is 3.30. The van der Waals surface area contributed by atoms with Gasteiger partial charge in [0.1, 0.15) is 0 Å². The number of nitrogens with zero attached hydrogens (tertiary/aromatic N) is 2. The molecule has 0 unspecified atom stereocenters. The van der Waals surface area contributed by atoms with Gasteiger partial charge in [0.15, 0.2) is 0 Å². The van der Waals surface area contributed by atoms with Crippen molar-refractivity contribution >= 4 is 15.4 Å². The zero-order chi connectivity index (χ0) is 10.3. The fourth-order valence-corrected chi connectivity index (χ4v) is 4.71. The molecular formula is C11H14N2OS. The molecule has 1 aromatic heterocycles. The molecule has 0 atom stereocenters. The minimum Gasteiger partial charge on any atom is -0.262 e. The Bertz CT molecular complexity index is 451. The molecule has 0 radical (unpaired) electrons. The maximum absolute atomic E-state index is 12.7. The molecule has 0 bridgehead atoms. The van der Waals surface area contributed by atoms with E-state index in [9.17, 15) is 4.21 Å². The predicted molar refractivity (Wildman–Crippen MR) is 60.5 cm³/mol. The Hall–Kier alpha value is -0.900. The summed E-state index contributed by atoms with van der Waals surface area (Å²) in [6.45, 7) is 0.